The van der Waals surface area contributed by atoms with Crippen LogP contribution in [-0.4, -0.2) is 34.5 Å². The second kappa shape index (κ2) is 11.3. The molecule has 0 aliphatic carbocycles. The van der Waals surface area contributed by atoms with Gasteiger partial charge in [0.2, 0.25) is 0 Å². The highest BCUT2D eigenvalue weighted by Gasteiger charge is 2.36. The fourth-order valence-corrected chi connectivity index (χ4v) is 4.43. The number of phenols is 1. The topological polar surface area (TPSA) is 148 Å². The molecule has 1 fully saturated rings. The largest absolute Gasteiger partial charge is 0.508 e. The van der Waals surface area contributed by atoms with Crippen LogP contribution in [0.1, 0.15) is 18.1 Å². The quantitative estimate of drug-likeness (QED) is 0.121. The molecular formula is C26H20IN3O8. The highest BCUT2D eigenvalue weighted by atomic mass is 127. The first-order valence-corrected chi connectivity index (χ1v) is 12.3. The Balaban J connectivity index is 1.64. The monoisotopic (exact) mass is 629 g/mol. The molecule has 0 unspecified atom stereocenters. The molecule has 2 N–H and O–H groups in total. The van der Waals surface area contributed by atoms with Crippen molar-refractivity contribution in [1.29, 1.82) is 0 Å². The summed E-state index contributed by atoms with van der Waals surface area (Å²) in [6, 6.07) is 13.8. The van der Waals surface area contributed by atoms with Crippen LogP contribution in [0.25, 0.3) is 6.08 Å². The molecule has 11 nitrogen and oxygen atoms in total. The summed E-state index contributed by atoms with van der Waals surface area (Å²) in [5, 5.41) is 22.7. The number of aromatic hydroxyl groups is 1. The molecule has 1 aliphatic heterocycles. The number of carbonyl (C=O) groups is 3. The summed E-state index contributed by atoms with van der Waals surface area (Å²) in [5.74, 6) is -0.998. The summed E-state index contributed by atoms with van der Waals surface area (Å²) in [6.45, 7) is 2.12. The predicted octanol–water partition coefficient (Wildman–Crippen LogP) is 4.55. The summed E-state index contributed by atoms with van der Waals surface area (Å²) in [6.07, 6.45) is 1.34. The van der Waals surface area contributed by atoms with Crippen molar-refractivity contribution >= 4 is 57.9 Å². The Kier molecular flexibility index (Phi) is 7.90. The van der Waals surface area contributed by atoms with Crippen molar-refractivity contribution in [1.82, 2.24) is 5.32 Å². The van der Waals surface area contributed by atoms with Crippen molar-refractivity contribution in [3.05, 3.63) is 91.0 Å². The van der Waals surface area contributed by atoms with Gasteiger partial charge in [-0.15, -0.1) is 0 Å². The molecule has 194 valence electrons. The van der Waals surface area contributed by atoms with Crippen LogP contribution < -0.4 is 19.7 Å². The number of urea groups is 1. The number of phenolic OH excluding ortho intramolecular Hbond substituents is 1. The van der Waals surface area contributed by atoms with Gasteiger partial charge in [0.25, 0.3) is 17.5 Å². The summed E-state index contributed by atoms with van der Waals surface area (Å²) >= 11 is 2.02. The number of halogens is 1. The third kappa shape index (κ3) is 5.75. The normalized spacial score (nSPS) is 14.4. The minimum atomic E-state index is -0.905. The van der Waals surface area contributed by atoms with Crippen LogP contribution in [0.4, 0.5) is 16.2 Å². The molecule has 3 aromatic carbocycles. The van der Waals surface area contributed by atoms with E-state index in [1.165, 1.54) is 42.5 Å². The number of hydrogen-bond donors (Lipinski definition) is 2. The van der Waals surface area contributed by atoms with Crippen LogP contribution in [0, 0.1) is 13.7 Å². The Morgan fingerprint density at radius 2 is 1.82 bits per heavy atom. The average molecular weight is 629 g/mol. The molecule has 4 amide bonds. The van der Waals surface area contributed by atoms with Gasteiger partial charge in [-0.2, -0.15) is 0 Å². The number of benzene rings is 3. The van der Waals surface area contributed by atoms with Gasteiger partial charge in [0.1, 0.15) is 17.9 Å². The van der Waals surface area contributed by atoms with Gasteiger partial charge in [-0.1, -0.05) is 12.1 Å². The van der Waals surface area contributed by atoms with E-state index in [0.717, 1.165) is 4.90 Å². The van der Waals surface area contributed by atoms with Crippen molar-refractivity contribution < 1.29 is 33.9 Å². The first kappa shape index (κ1) is 26.6. The van der Waals surface area contributed by atoms with Gasteiger partial charge >= 0.3 is 6.03 Å². The van der Waals surface area contributed by atoms with Gasteiger partial charge < -0.3 is 14.6 Å². The van der Waals surface area contributed by atoms with Gasteiger partial charge in [-0.3, -0.25) is 25.0 Å². The SMILES string of the molecule is CCOc1cc(/C=C2\C(=O)NC(=O)N(c3ccc(O)cc3)C2=O)cc(I)c1OCc1cccc([N+](=O)[O-])c1. The first-order chi connectivity index (χ1) is 18.2. The number of nitro groups is 1. The lowest BCUT2D eigenvalue weighted by molar-refractivity contribution is -0.384. The van der Waals surface area contributed by atoms with E-state index in [0.29, 0.717) is 32.8 Å². The number of barbiturate groups is 1. The number of anilines is 1. The fourth-order valence-electron chi connectivity index (χ4n) is 3.65. The maximum absolute atomic E-state index is 13.1. The molecule has 0 spiro atoms. The number of non-ortho nitro benzene ring substituents is 1. The van der Waals surface area contributed by atoms with Crippen molar-refractivity contribution in [2.24, 2.45) is 0 Å². The molecule has 1 aliphatic rings. The second-order valence-electron chi connectivity index (χ2n) is 7.95. The van der Waals surface area contributed by atoms with Crippen molar-refractivity contribution in [2.75, 3.05) is 11.5 Å². The zero-order valence-electron chi connectivity index (χ0n) is 19.8. The van der Waals surface area contributed by atoms with Crippen LogP contribution in [0.3, 0.4) is 0 Å². The summed E-state index contributed by atoms with van der Waals surface area (Å²) in [7, 11) is 0. The first-order valence-electron chi connectivity index (χ1n) is 11.2. The van der Waals surface area contributed by atoms with Crippen molar-refractivity contribution in [3.8, 4) is 17.2 Å². The fraction of sp³-hybridized carbons (Fsp3) is 0.115. The minimum absolute atomic E-state index is 0.0444. The smallest absolute Gasteiger partial charge is 0.335 e. The number of hydrogen-bond acceptors (Lipinski definition) is 8. The molecular weight excluding hydrogens is 609 g/mol. The van der Waals surface area contributed by atoms with Crippen molar-refractivity contribution in [2.45, 2.75) is 13.5 Å². The number of rotatable bonds is 8. The zero-order valence-corrected chi connectivity index (χ0v) is 22.0. The molecule has 0 aromatic heterocycles. The maximum Gasteiger partial charge on any atom is 0.335 e. The molecule has 4 rings (SSSR count). The standard InChI is InChI=1S/C26H20IN3O8/c1-2-37-22-13-16(12-21(27)23(22)38-14-15-4-3-5-18(10-15)30(35)36)11-20-24(32)28-26(34)29(25(20)33)17-6-8-19(31)9-7-17/h3-13,31H,2,14H2,1H3,(H,28,32,34)/b20-11+. The van der Waals surface area contributed by atoms with Gasteiger partial charge in [-0.25, -0.2) is 9.69 Å². The van der Waals surface area contributed by atoms with Gasteiger partial charge in [0, 0.05) is 12.1 Å². The Labute approximate surface area is 230 Å². The summed E-state index contributed by atoms with van der Waals surface area (Å²) < 4.78 is 12.3. The molecule has 0 saturated carbocycles. The molecule has 0 atom stereocenters. The zero-order chi connectivity index (χ0) is 27.4. The number of ether oxygens (including phenoxy) is 2. The van der Waals surface area contributed by atoms with Crippen LogP contribution in [-0.2, 0) is 16.2 Å². The third-order valence-electron chi connectivity index (χ3n) is 5.36. The minimum Gasteiger partial charge on any atom is -0.508 e. The molecule has 0 bridgehead atoms. The van der Waals surface area contributed by atoms with Gasteiger partial charge in [0.15, 0.2) is 11.5 Å². The number of carbonyl (C=O) groups excluding carboxylic acids is 3. The number of nitrogens with one attached hydrogen (secondary N) is 1. The van der Waals surface area contributed by atoms with E-state index >= 15 is 0 Å². The molecule has 1 heterocycles. The van der Waals surface area contributed by atoms with Crippen LogP contribution in [0.15, 0.2) is 66.2 Å². The molecule has 38 heavy (non-hydrogen) atoms. The number of nitrogens with zero attached hydrogens (tertiary/aromatic N) is 2. The lowest BCUT2D eigenvalue weighted by atomic mass is 10.1. The van der Waals surface area contributed by atoms with Crippen molar-refractivity contribution in [3.63, 3.8) is 0 Å². The van der Waals surface area contributed by atoms with E-state index in [4.69, 9.17) is 9.47 Å². The maximum atomic E-state index is 13.1. The third-order valence-corrected chi connectivity index (χ3v) is 6.16. The van der Waals surface area contributed by atoms with E-state index in [1.54, 1.807) is 31.2 Å². The highest BCUT2D eigenvalue weighted by Crippen LogP contribution is 2.36. The average Bonchev–Trinajstić information content (AvgIpc) is 2.87. The molecule has 12 heteroatoms. The molecule has 3 aromatic rings. The number of nitro benzene ring substituents is 1. The second-order valence-corrected chi connectivity index (χ2v) is 9.12. The van der Waals surface area contributed by atoms with E-state index in [9.17, 15) is 29.6 Å². The molecule has 1 saturated heterocycles. The Hall–Kier alpha value is -4.46. The number of imide groups is 2. The Bertz CT molecular complexity index is 1470. The summed E-state index contributed by atoms with van der Waals surface area (Å²) in [5.41, 5.74) is 0.883. The van der Waals surface area contributed by atoms with Crippen LogP contribution in [0.2, 0.25) is 0 Å². The van der Waals surface area contributed by atoms with Crippen LogP contribution >= 0.6 is 22.6 Å². The number of amides is 4. The Morgan fingerprint density at radius 1 is 1.08 bits per heavy atom. The van der Waals surface area contributed by atoms with Crippen LogP contribution in [0.5, 0.6) is 17.2 Å². The summed E-state index contributed by atoms with van der Waals surface area (Å²) in [4.78, 5) is 49.5. The van der Waals surface area contributed by atoms with E-state index in [-0.39, 0.29) is 29.3 Å². The molecule has 0 radical (unpaired) electrons. The van der Waals surface area contributed by atoms with E-state index < -0.39 is 22.8 Å². The highest BCUT2D eigenvalue weighted by molar-refractivity contribution is 14.1. The van der Waals surface area contributed by atoms with Gasteiger partial charge in [0.05, 0.1) is 20.8 Å². The van der Waals surface area contributed by atoms with Gasteiger partial charge in [-0.05, 0) is 83.1 Å². The lowest BCUT2D eigenvalue weighted by Crippen LogP contribution is -2.54. The predicted molar refractivity (Wildman–Crippen MR) is 145 cm³/mol. The lowest BCUT2D eigenvalue weighted by Gasteiger charge is -2.26. The Morgan fingerprint density at radius 3 is 2.50 bits per heavy atom. The van der Waals surface area contributed by atoms with E-state index in [1.807, 2.05) is 22.6 Å². The van der Waals surface area contributed by atoms with E-state index in [2.05, 4.69) is 5.32 Å².